The third-order valence-electron chi connectivity index (χ3n) is 4.61. The molecule has 9 heteroatoms. The van der Waals surface area contributed by atoms with E-state index in [9.17, 15) is 18.0 Å². The first-order chi connectivity index (χ1) is 15.2. The van der Waals surface area contributed by atoms with Crippen molar-refractivity contribution in [2.24, 2.45) is 0 Å². The normalized spacial score (nSPS) is 11.4. The van der Waals surface area contributed by atoms with Crippen molar-refractivity contribution in [2.45, 2.75) is 11.4 Å². The number of nitrogens with zero attached hydrogens (tertiary/aromatic N) is 1. The van der Waals surface area contributed by atoms with Crippen LogP contribution in [0.3, 0.4) is 0 Å². The maximum absolute atomic E-state index is 13.0. The van der Waals surface area contributed by atoms with Gasteiger partial charge in [0.25, 0.3) is 0 Å². The average molecular weight is 492 g/mol. The van der Waals surface area contributed by atoms with E-state index in [4.69, 9.17) is 27.9 Å². The Morgan fingerprint density at radius 3 is 2.25 bits per heavy atom. The number of benzene rings is 3. The van der Waals surface area contributed by atoms with Gasteiger partial charge in [-0.2, -0.15) is 4.31 Å². The molecule has 0 aliphatic carbocycles. The molecule has 0 spiro atoms. The van der Waals surface area contributed by atoms with Gasteiger partial charge in [-0.05, 0) is 48.0 Å². The molecule has 0 unspecified atom stereocenters. The van der Waals surface area contributed by atoms with Crippen LogP contribution in [-0.2, 0) is 21.3 Å². The van der Waals surface area contributed by atoms with Crippen LogP contribution >= 0.6 is 23.2 Å². The van der Waals surface area contributed by atoms with Crippen molar-refractivity contribution in [2.75, 3.05) is 13.7 Å². The number of carbonyl (C=O) groups is 2. The second-order valence-electron chi connectivity index (χ2n) is 6.89. The zero-order valence-corrected chi connectivity index (χ0v) is 19.3. The predicted molar refractivity (Wildman–Crippen MR) is 123 cm³/mol. The minimum atomic E-state index is -3.90. The molecule has 32 heavy (non-hydrogen) atoms. The van der Waals surface area contributed by atoms with Crippen molar-refractivity contribution in [3.05, 3.63) is 99.5 Å². The van der Waals surface area contributed by atoms with E-state index < -0.39 is 28.4 Å². The SMILES string of the molecule is CN(Cc1ccccc1)S(=O)(=O)c1ccc(Cl)c(C(=O)OCC(=O)c2ccc(Cl)cc2)c1. The molecule has 6 nitrogen and oxygen atoms in total. The van der Waals surface area contributed by atoms with E-state index in [1.54, 1.807) is 12.1 Å². The number of Topliss-reactive ketones (excluding diaryl/α,β-unsaturated/α-hetero) is 1. The van der Waals surface area contributed by atoms with Crippen LogP contribution in [0, 0.1) is 0 Å². The van der Waals surface area contributed by atoms with E-state index >= 15 is 0 Å². The summed E-state index contributed by atoms with van der Waals surface area (Å²) in [5, 5.41) is 0.485. The lowest BCUT2D eigenvalue weighted by Gasteiger charge is -2.18. The predicted octanol–water partition coefficient (Wildman–Crippen LogP) is 4.85. The zero-order valence-electron chi connectivity index (χ0n) is 17.0. The standard InChI is InChI=1S/C23H19Cl2NO5S/c1-26(14-16-5-3-2-4-6-16)32(29,30)19-11-12-21(25)20(13-19)23(28)31-15-22(27)17-7-9-18(24)10-8-17/h2-13H,14-15H2,1H3. The number of ether oxygens (including phenoxy) is 1. The van der Waals surface area contributed by atoms with Gasteiger partial charge in [0.15, 0.2) is 12.4 Å². The lowest BCUT2D eigenvalue weighted by molar-refractivity contribution is 0.0474. The molecular formula is C23H19Cl2NO5S. The number of esters is 1. The fourth-order valence-electron chi connectivity index (χ4n) is 2.85. The molecule has 3 aromatic carbocycles. The fourth-order valence-corrected chi connectivity index (χ4v) is 4.36. The Morgan fingerprint density at radius 1 is 0.938 bits per heavy atom. The van der Waals surface area contributed by atoms with Crippen molar-refractivity contribution < 1.29 is 22.7 Å². The van der Waals surface area contributed by atoms with E-state index in [-0.39, 0.29) is 22.0 Å². The summed E-state index contributed by atoms with van der Waals surface area (Å²) in [6.45, 7) is -0.372. The highest BCUT2D eigenvalue weighted by Gasteiger charge is 2.24. The molecule has 0 fully saturated rings. The van der Waals surface area contributed by atoms with E-state index in [0.29, 0.717) is 10.6 Å². The summed E-state index contributed by atoms with van der Waals surface area (Å²) in [4.78, 5) is 24.6. The maximum atomic E-state index is 13.0. The van der Waals surface area contributed by atoms with Gasteiger partial charge in [-0.15, -0.1) is 0 Å². The number of halogens is 2. The minimum absolute atomic E-state index is 0.0126. The van der Waals surface area contributed by atoms with Crippen LogP contribution in [0.5, 0.6) is 0 Å². The number of hydrogen-bond donors (Lipinski definition) is 0. The van der Waals surface area contributed by atoms with E-state index in [2.05, 4.69) is 0 Å². The van der Waals surface area contributed by atoms with Crippen LogP contribution in [0.25, 0.3) is 0 Å². The second-order valence-corrected chi connectivity index (χ2v) is 9.78. The summed E-state index contributed by atoms with van der Waals surface area (Å²) in [6.07, 6.45) is 0. The molecule has 3 aromatic rings. The molecule has 166 valence electrons. The number of rotatable bonds is 8. The summed E-state index contributed by atoms with van der Waals surface area (Å²) < 4.78 is 32.2. The van der Waals surface area contributed by atoms with Gasteiger partial charge in [0.05, 0.1) is 15.5 Å². The smallest absolute Gasteiger partial charge is 0.340 e. The van der Waals surface area contributed by atoms with Crippen molar-refractivity contribution in [3.63, 3.8) is 0 Å². The highest BCUT2D eigenvalue weighted by atomic mass is 35.5. The van der Waals surface area contributed by atoms with E-state index in [1.807, 2.05) is 30.3 Å². The Labute approximate surface area is 196 Å². The molecule has 0 saturated heterocycles. The van der Waals surface area contributed by atoms with Crippen LogP contribution in [0.4, 0.5) is 0 Å². The van der Waals surface area contributed by atoms with Gasteiger partial charge >= 0.3 is 5.97 Å². The largest absolute Gasteiger partial charge is 0.454 e. The average Bonchev–Trinajstić information content (AvgIpc) is 2.78. The highest BCUT2D eigenvalue weighted by Crippen LogP contribution is 2.24. The van der Waals surface area contributed by atoms with Crippen LogP contribution < -0.4 is 0 Å². The Hall–Kier alpha value is -2.71. The molecule has 0 radical (unpaired) electrons. The summed E-state index contributed by atoms with van der Waals surface area (Å²) in [6, 6.07) is 19.0. The fraction of sp³-hybridized carbons (Fsp3) is 0.130. The molecule has 0 heterocycles. The second kappa shape index (κ2) is 10.3. The molecule has 3 rings (SSSR count). The lowest BCUT2D eigenvalue weighted by atomic mass is 10.1. The Bertz CT molecular complexity index is 1230. The summed E-state index contributed by atoms with van der Waals surface area (Å²) in [5.74, 6) is -1.34. The number of sulfonamides is 1. The van der Waals surface area contributed by atoms with Crippen LogP contribution in [0.15, 0.2) is 77.7 Å². The van der Waals surface area contributed by atoms with Crippen molar-refractivity contribution in [1.29, 1.82) is 0 Å². The molecule has 0 saturated carbocycles. The van der Waals surface area contributed by atoms with E-state index in [0.717, 1.165) is 11.6 Å². The van der Waals surface area contributed by atoms with Gasteiger partial charge in [0.2, 0.25) is 10.0 Å². The number of hydrogen-bond acceptors (Lipinski definition) is 5. The van der Waals surface area contributed by atoms with Crippen molar-refractivity contribution in [3.8, 4) is 0 Å². The summed E-state index contributed by atoms with van der Waals surface area (Å²) in [7, 11) is -2.46. The van der Waals surface area contributed by atoms with Gasteiger partial charge in [0, 0.05) is 24.2 Å². The van der Waals surface area contributed by atoms with Gasteiger partial charge in [-0.1, -0.05) is 53.5 Å². The van der Waals surface area contributed by atoms with Crippen molar-refractivity contribution in [1.82, 2.24) is 4.31 Å². The minimum Gasteiger partial charge on any atom is -0.454 e. The monoisotopic (exact) mass is 491 g/mol. The molecule has 0 aliphatic heterocycles. The molecule has 0 N–H and O–H groups in total. The summed E-state index contributed by atoms with van der Waals surface area (Å²) >= 11 is 11.9. The van der Waals surface area contributed by atoms with Gasteiger partial charge in [-0.3, -0.25) is 4.79 Å². The number of carbonyl (C=O) groups excluding carboxylic acids is 2. The number of ketones is 1. The maximum Gasteiger partial charge on any atom is 0.340 e. The molecular weight excluding hydrogens is 473 g/mol. The topological polar surface area (TPSA) is 80.8 Å². The highest BCUT2D eigenvalue weighted by molar-refractivity contribution is 7.89. The van der Waals surface area contributed by atoms with Crippen LogP contribution in [0.2, 0.25) is 10.0 Å². The Kier molecular flexibility index (Phi) is 7.69. The third-order valence-corrected chi connectivity index (χ3v) is 7.00. The first kappa shape index (κ1) is 23.9. The Balaban J connectivity index is 1.74. The molecule has 0 atom stereocenters. The van der Waals surface area contributed by atoms with Gasteiger partial charge in [0.1, 0.15) is 0 Å². The summed E-state index contributed by atoms with van der Waals surface area (Å²) in [5.41, 5.74) is 0.991. The molecule has 0 amide bonds. The third kappa shape index (κ3) is 5.75. The molecule has 0 bridgehead atoms. The first-order valence-corrected chi connectivity index (χ1v) is 11.6. The van der Waals surface area contributed by atoms with Crippen LogP contribution in [0.1, 0.15) is 26.3 Å². The van der Waals surface area contributed by atoms with E-state index in [1.165, 1.54) is 35.6 Å². The van der Waals surface area contributed by atoms with Gasteiger partial charge in [-0.25, -0.2) is 13.2 Å². The Morgan fingerprint density at radius 2 is 1.59 bits per heavy atom. The lowest BCUT2D eigenvalue weighted by Crippen LogP contribution is -2.26. The van der Waals surface area contributed by atoms with Crippen LogP contribution in [-0.4, -0.2) is 38.1 Å². The molecule has 0 aromatic heterocycles. The first-order valence-electron chi connectivity index (χ1n) is 9.44. The molecule has 0 aliphatic rings. The van der Waals surface area contributed by atoms with Crippen molar-refractivity contribution >= 4 is 45.0 Å². The van der Waals surface area contributed by atoms with Gasteiger partial charge < -0.3 is 4.74 Å². The quantitative estimate of drug-likeness (QED) is 0.332. The zero-order chi connectivity index (χ0) is 23.3.